The summed E-state index contributed by atoms with van der Waals surface area (Å²) >= 11 is 0. The molecule has 0 amide bonds. The van der Waals surface area contributed by atoms with E-state index < -0.39 is 5.84 Å². The van der Waals surface area contributed by atoms with Crippen molar-refractivity contribution in [3.63, 3.8) is 0 Å². The van der Waals surface area contributed by atoms with E-state index in [0.29, 0.717) is 11.3 Å². The molecule has 1 aromatic rings. The standard InChI is InChI=1S/C11H10N6/c1-7-2-3-9(4-8(7)5-12)16-17-10(6-13)11(14)15/h2-4,16H,1H3,(H3,14,15)/b17-10+. The van der Waals surface area contributed by atoms with Gasteiger partial charge in [-0.25, -0.2) is 0 Å². The van der Waals surface area contributed by atoms with Crippen molar-refractivity contribution in [3.05, 3.63) is 29.3 Å². The fraction of sp³-hybridized carbons (Fsp3) is 0.0909. The molecule has 0 heterocycles. The van der Waals surface area contributed by atoms with Crippen LogP contribution in [0.1, 0.15) is 11.1 Å². The second-order valence-electron chi connectivity index (χ2n) is 3.24. The van der Waals surface area contributed by atoms with Crippen LogP contribution in [0.15, 0.2) is 23.3 Å². The highest BCUT2D eigenvalue weighted by atomic mass is 15.3. The van der Waals surface area contributed by atoms with E-state index in [1.165, 1.54) is 0 Å². The summed E-state index contributed by atoms with van der Waals surface area (Å²) in [7, 11) is 0. The SMILES string of the molecule is Cc1ccc(N/N=C(\C#N)C(=N)N)cc1C#N. The molecule has 6 heteroatoms. The minimum atomic E-state index is -0.410. The molecule has 0 bridgehead atoms. The lowest BCUT2D eigenvalue weighted by Crippen LogP contribution is -2.21. The van der Waals surface area contributed by atoms with E-state index in [-0.39, 0.29) is 5.71 Å². The molecule has 17 heavy (non-hydrogen) atoms. The van der Waals surface area contributed by atoms with Gasteiger partial charge in [0, 0.05) is 0 Å². The predicted molar refractivity (Wildman–Crippen MR) is 64.5 cm³/mol. The average molecular weight is 226 g/mol. The summed E-state index contributed by atoms with van der Waals surface area (Å²) in [6, 6.07) is 8.81. The Bertz CT molecular complexity index is 558. The number of nitrogens with one attached hydrogen (secondary N) is 2. The minimum Gasteiger partial charge on any atom is -0.382 e. The lowest BCUT2D eigenvalue weighted by Gasteiger charge is -2.03. The molecule has 0 saturated heterocycles. The molecule has 0 atom stereocenters. The van der Waals surface area contributed by atoms with E-state index in [1.54, 1.807) is 24.3 Å². The second kappa shape index (κ2) is 5.29. The van der Waals surface area contributed by atoms with Gasteiger partial charge in [-0.3, -0.25) is 10.8 Å². The van der Waals surface area contributed by atoms with Crippen LogP contribution in [0.4, 0.5) is 5.69 Å². The molecule has 0 fully saturated rings. The van der Waals surface area contributed by atoms with Crippen molar-refractivity contribution in [2.24, 2.45) is 10.8 Å². The molecule has 1 rings (SSSR count). The number of rotatable bonds is 3. The maximum atomic E-state index is 8.83. The normalized spacial score (nSPS) is 10.2. The van der Waals surface area contributed by atoms with Crippen LogP contribution in [0.5, 0.6) is 0 Å². The van der Waals surface area contributed by atoms with Gasteiger partial charge in [0.25, 0.3) is 0 Å². The van der Waals surface area contributed by atoms with Gasteiger partial charge < -0.3 is 5.73 Å². The van der Waals surface area contributed by atoms with Crippen molar-refractivity contribution >= 4 is 17.2 Å². The van der Waals surface area contributed by atoms with Crippen molar-refractivity contribution in [1.29, 1.82) is 15.9 Å². The molecule has 0 saturated carbocycles. The minimum absolute atomic E-state index is 0.205. The second-order valence-corrected chi connectivity index (χ2v) is 3.24. The Morgan fingerprint density at radius 3 is 2.71 bits per heavy atom. The number of benzene rings is 1. The van der Waals surface area contributed by atoms with Gasteiger partial charge in [-0.15, -0.1) is 0 Å². The fourth-order valence-corrected chi connectivity index (χ4v) is 1.08. The molecular weight excluding hydrogens is 216 g/mol. The number of anilines is 1. The molecule has 0 aliphatic rings. The zero-order valence-electron chi connectivity index (χ0n) is 9.15. The highest BCUT2D eigenvalue weighted by molar-refractivity contribution is 6.45. The zero-order valence-corrected chi connectivity index (χ0v) is 9.15. The molecule has 0 aromatic heterocycles. The van der Waals surface area contributed by atoms with Gasteiger partial charge in [0.15, 0.2) is 5.84 Å². The quantitative estimate of drug-likeness (QED) is 0.405. The third kappa shape index (κ3) is 3.05. The Labute approximate surface area is 98.5 Å². The van der Waals surface area contributed by atoms with E-state index >= 15 is 0 Å². The third-order valence-electron chi connectivity index (χ3n) is 2.02. The summed E-state index contributed by atoms with van der Waals surface area (Å²) < 4.78 is 0. The van der Waals surface area contributed by atoms with Crippen LogP contribution in [0.2, 0.25) is 0 Å². The van der Waals surface area contributed by atoms with Crippen LogP contribution in [0.3, 0.4) is 0 Å². The summed E-state index contributed by atoms with van der Waals surface area (Å²) in [5, 5.41) is 28.2. The van der Waals surface area contributed by atoms with Crippen LogP contribution in [0.25, 0.3) is 0 Å². The summed E-state index contributed by atoms with van der Waals surface area (Å²) in [6.07, 6.45) is 0. The topological polar surface area (TPSA) is 122 Å². The number of hydrazone groups is 1. The van der Waals surface area contributed by atoms with Crippen LogP contribution in [-0.2, 0) is 0 Å². The van der Waals surface area contributed by atoms with Crippen molar-refractivity contribution in [1.82, 2.24) is 0 Å². The van der Waals surface area contributed by atoms with Gasteiger partial charge in [0.2, 0.25) is 5.71 Å². The Morgan fingerprint density at radius 2 is 2.18 bits per heavy atom. The predicted octanol–water partition coefficient (Wildman–Crippen LogP) is 1.09. The molecule has 0 unspecified atom stereocenters. The summed E-state index contributed by atoms with van der Waals surface area (Å²) in [5.74, 6) is -0.410. The lowest BCUT2D eigenvalue weighted by atomic mass is 10.1. The highest BCUT2D eigenvalue weighted by Crippen LogP contribution is 2.14. The molecular formula is C11H10N6. The van der Waals surface area contributed by atoms with Crippen LogP contribution in [-0.4, -0.2) is 11.5 Å². The first-order chi connectivity index (χ1) is 8.08. The van der Waals surface area contributed by atoms with E-state index in [1.807, 2.05) is 13.0 Å². The Kier molecular flexibility index (Phi) is 3.80. The third-order valence-corrected chi connectivity index (χ3v) is 2.02. The van der Waals surface area contributed by atoms with Crippen LogP contribution < -0.4 is 11.2 Å². The van der Waals surface area contributed by atoms with Crippen LogP contribution in [0, 0.1) is 35.0 Å². The molecule has 0 aliphatic carbocycles. The van der Waals surface area contributed by atoms with Crippen molar-refractivity contribution in [2.75, 3.05) is 5.43 Å². The number of nitrogens with two attached hydrogens (primary N) is 1. The average Bonchev–Trinajstić information content (AvgIpc) is 2.31. The zero-order chi connectivity index (χ0) is 12.8. The number of hydrogen-bond acceptors (Lipinski definition) is 5. The number of nitrogens with zero attached hydrogens (tertiary/aromatic N) is 3. The Hall–Kier alpha value is -2.86. The summed E-state index contributed by atoms with van der Waals surface area (Å²) in [4.78, 5) is 0. The smallest absolute Gasteiger partial charge is 0.201 e. The first kappa shape index (κ1) is 12.2. The molecule has 1 aromatic carbocycles. The number of nitriles is 2. The number of hydrogen-bond donors (Lipinski definition) is 3. The first-order valence-corrected chi connectivity index (χ1v) is 4.67. The summed E-state index contributed by atoms with van der Waals surface area (Å²) in [5.41, 5.74) is 9.43. The van der Waals surface area contributed by atoms with Crippen LogP contribution >= 0.6 is 0 Å². The lowest BCUT2D eigenvalue weighted by molar-refractivity contribution is 1.31. The van der Waals surface area contributed by atoms with E-state index in [9.17, 15) is 0 Å². The van der Waals surface area contributed by atoms with Gasteiger partial charge in [0.1, 0.15) is 6.07 Å². The van der Waals surface area contributed by atoms with Gasteiger partial charge in [-0.05, 0) is 24.6 Å². The highest BCUT2D eigenvalue weighted by Gasteiger charge is 2.02. The molecule has 0 radical (unpaired) electrons. The monoisotopic (exact) mass is 226 g/mol. The maximum absolute atomic E-state index is 8.83. The first-order valence-electron chi connectivity index (χ1n) is 4.67. The van der Waals surface area contributed by atoms with Crippen molar-refractivity contribution in [3.8, 4) is 12.1 Å². The van der Waals surface area contributed by atoms with Gasteiger partial charge >= 0.3 is 0 Å². The Morgan fingerprint density at radius 1 is 1.47 bits per heavy atom. The van der Waals surface area contributed by atoms with Gasteiger partial charge in [-0.1, -0.05) is 6.07 Å². The number of amidine groups is 1. The maximum Gasteiger partial charge on any atom is 0.201 e. The van der Waals surface area contributed by atoms with Crippen molar-refractivity contribution in [2.45, 2.75) is 6.92 Å². The molecule has 4 N–H and O–H groups in total. The molecule has 84 valence electrons. The van der Waals surface area contributed by atoms with E-state index in [4.69, 9.17) is 21.7 Å². The van der Waals surface area contributed by atoms with E-state index in [0.717, 1.165) is 5.56 Å². The molecule has 0 spiro atoms. The van der Waals surface area contributed by atoms with Gasteiger partial charge in [0.05, 0.1) is 17.3 Å². The summed E-state index contributed by atoms with van der Waals surface area (Å²) in [6.45, 7) is 1.82. The van der Waals surface area contributed by atoms with Crippen molar-refractivity contribution < 1.29 is 0 Å². The molecule has 0 aliphatic heterocycles. The Balaban J connectivity index is 2.95. The van der Waals surface area contributed by atoms with Gasteiger partial charge in [-0.2, -0.15) is 15.6 Å². The number of aryl methyl sites for hydroxylation is 1. The molecule has 6 nitrogen and oxygen atoms in total. The fourth-order valence-electron chi connectivity index (χ4n) is 1.08. The van der Waals surface area contributed by atoms with E-state index in [2.05, 4.69) is 10.5 Å². The largest absolute Gasteiger partial charge is 0.382 e.